The summed E-state index contributed by atoms with van der Waals surface area (Å²) >= 11 is 0. The Balaban J connectivity index is 4.46. The van der Waals surface area contributed by atoms with Gasteiger partial charge in [0.2, 0.25) is 0 Å². The van der Waals surface area contributed by atoms with Gasteiger partial charge in [0.25, 0.3) is 0 Å². The molecule has 0 saturated carbocycles. The molecule has 9 heteroatoms. The minimum Gasteiger partial charge on any atom is -0.545 e. The van der Waals surface area contributed by atoms with Crippen LogP contribution in [0, 0.1) is 0 Å². The third-order valence-electron chi connectivity index (χ3n) is 9.97. The van der Waals surface area contributed by atoms with E-state index >= 15 is 0 Å². The van der Waals surface area contributed by atoms with Crippen LogP contribution >= 0.6 is 0 Å². The average Bonchev–Trinajstić information content (AvgIpc) is 3.22. The van der Waals surface area contributed by atoms with Crippen LogP contribution in [-0.4, -0.2) is 82.3 Å². The van der Waals surface area contributed by atoms with Crippen molar-refractivity contribution in [3.05, 3.63) is 72.9 Å². The molecule has 0 saturated heterocycles. The molecule has 0 rings (SSSR count). The quantitative estimate of drug-likeness (QED) is 0.0196. The largest absolute Gasteiger partial charge is 0.545 e. The predicted molar refractivity (Wildman–Crippen MR) is 251 cm³/mol. The number of aliphatic carboxylic acids is 1. The maximum atomic E-state index is 12.7. The zero-order valence-corrected chi connectivity index (χ0v) is 39.5. The highest BCUT2D eigenvalue weighted by molar-refractivity contribution is 5.71. The fraction of sp³-hybridized carbons (Fsp3) is 0.712. The molecule has 0 aliphatic rings. The molecule has 61 heavy (non-hydrogen) atoms. The van der Waals surface area contributed by atoms with E-state index in [1.807, 2.05) is 33.3 Å². The van der Waals surface area contributed by atoms with Gasteiger partial charge in [0.15, 0.2) is 12.4 Å². The van der Waals surface area contributed by atoms with E-state index in [-0.39, 0.29) is 38.6 Å². The number of unbranched alkanes of at least 4 members (excludes halogenated alkanes) is 17. The van der Waals surface area contributed by atoms with Crippen molar-refractivity contribution in [2.75, 3.05) is 47.5 Å². The van der Waals surface area contributed by atoms with Gasteiger partial charge in [-0.1, -0.05) is 177 Å². The van der Waals surface area contributed by atoms with E-state index in [1.165, 1.54) is 96.3 Å². The lowest BCUT2D eigenvalue weighted by molar-refractivity contribution is -0.870. The Morgan fingerprint density at radius 2 is 0.984 bits per heavy atom. The minimum absolute atomic E-state index is 0.0126. The normalized spacial score (nSPS) is 13.5. The van der Waals surface area contributed by atoms with Gasteiger partial charge in [-0.15, -0.1) is 0 Å². The van der Waals surface area contributed by atoms with Crippen LogP contribution in [0.1, 0.15) is 181 Å². The van der Waals surface area contributed by atoms with Crippen LogP contribution in [0.15, 0.2) is 72.9 Å². The summed E-state index contributed by atoms with van der Waals surface area (Å²) in [6.45, 7) is 4.50. The first-order valence-electron chi connectivity index (χ1n) is 24.1. The van der Waals surface area contributed by atoms with Crippen LogP contribution in [0.25, 0.3) is 0 Å². The van der Waals surface area contributed by atoms with Crippen molar-refractivity contribution < 1.29 is 42.9 Å². The number of hydrogen-bond donors (Lipinski definition) is 0. The van der Waals surface area contributed by atoms with Gasteiger partial charge in [0.05, 0.1) is 46.7 Å². The molecule has 2 unspecified atom stereocenters. The van der Waals surface area contributed by atoms with E-state index in [9.17, 15) is 19.5 Å². The molecule has 2 atom stereocenters. The monoisotopic (exact) mass is 856 g/mol. The van der Waals surface area contributed by atoms with Crippen LogP contribution in [0.2, 0.25) is 0 Å². The molecule has 0 fully saturated rings. The van der Waals surface area contributed by atoms with E-state index in [2.05, 4.69) is 68.5 Å². The number of carbonyl (C=O) groups excluding carboxylic acids is 3. The van der Waals surface area contributed by atoms with Crippen LogP contribution in [0.3, 0.4) is 0 Å². The van der Waals surface area contributed by atoms with Gasteiger partial charge < -0.3 is 33.3 Å². The Hall–Kier alpha value is -3.27. The molecule has 0 bridgehead atoms. The summed E-state index contributed by atoms with van der Waals surface area (Å²) in [4.78, 5) is 37.0. The second kappa shape index (κ2) is 43.4. The maximum Gasteiger partial charge on any atom is 0.310 e. The van der Waals surface area contributed by atoms with Crippen LogP contribution < -0.4 is 5.11 Å². The molecule has 0 heterocycles. The highest BCUT2D eigenvalue weighted by Crippen LogP contribution is 2.14. The smallest absolute Gasteiger partial charge is 0.310 e. The Labute approximate surface area is 373 Å². The van der Waals surface area contributed by atoms with E-state index in [1.54, 1.807) is 6.08 Å². The van der Waals surface area contributed by atoms with Crippen molar-refractivity contribution in [1.82, 2.24) is 0 Å². The molecular weight excluding hydrogens is 767 g/mol. The summed E-state index contributed by atoms with van der Waals surface area (Å²) in [6.07, 6.45) is 51.2. The number of quaternary nitrogens is 1. The predicted octanol–water partition coefficient (Wildman–Crippen LogP) is 11.8. The van der Waals surface area contributed by atoms with Gasteiger partial charge in [0, 0.05) is 6.42 Å². The Kier molecular flexibility index (Phi) is 41.1. The van der Waals surface area contributed by atoms with Crippen molar-refractivity contribution in [1.29, 1.82) is 0 Å². The Morgan fingerprint density at radius 3 is 1.46 bits per heavy atom. The number of hydrogen-bond acceptors (Lipinski definition) is 8. The molecule has 0 radical (unpaired) electrons. The van der Waals surface area contributed by atoms with E-state index in [4.69, 9.17) is 18.9 Å². The van der Waals surface area contributed by atoms with Gasteiger partial charge in [-0.25, -0.2) is 0 Å². The molecule has 9 nitrogen and oxygen atoms in total. The number of likely N-dealkylation sites (N-methyl/N-ethyl adjacent to an activating group) is 1. The number of rotatable bonds is 43. The zero-order chi connectivity index (χ0) is 44.9. The zero-order valence-electron chi connectivity index (χ0n) is 39.5. The molecular formula is C52H89NO8. The summed E-state index contributed by atoms with van der Waals surface area (Å²) in [5.74, 6) is -2.46. The second-order valence-corrected chi connectivity index (χ2v) is 17.0. The van der Waals surface area contributed by atoms with Crippen LogP contribution in [-0.2, 0) is 33.3 Å². The third-order valence-corrected chi connectivity index (χ3v) is 9.97. The highest BCUT2D eigenvalue weighted by Gasteiger charge is 2.21. The summed E-state index contributed by atoms with van der Waals surface area (Å²) in [5, 5.41) is 11.7. The molecule has 0 aliphatic carbocycles. The minimum atomic E-state index is -1.65. The van der Waals surface area contributed by atoms with Gasteiger partial charge in [-0.3, -0.25) is 9.59 Å². The van der Waals surface area contributed by atoms with E-state index < -0.39 is 24.3 Å². The molecule has 0 N–H and O–H groups in total. The van der Waals surface area contributed by atoms with Gasteiger partial charge in [-0.05, 0) is 64.2 Å². The summed E-state index contributed by atoms with van der Waals surface area (Å²) in [6, 6.07) is 0. The molecule has 0 aromatic heterocycles. The first kappa shape index (κ1) is 57.7. The highest BCUT2D eigenvalue weighted by atomic mass is 16.7. The van der Waals surface area contributed by atoms with Crippen molar-refractivity contribution in [3.8, 4) is 0 Å². The van der Waals surface area contributed by atoms with E-state index in [0.717, 1.165) is 51.4 Å². The van der Waals surface area contributed by atoms with Crippen molar-refractivity contribution in [3.63, 3.8) is 0 Å². The lowest BCUT2D eigenvalue weighted by Gasteiger charge is -2.26. The second-order valence-electron chi connectivity index (χ2n) is 17.0. The number of carbonyl (C=O) groups is 3. The van der Waals surface area contributed by atoms with Gasteiger partial charge >= 0.3 is 11.9 Å². The lowest BCUT2D eigenvalue weighted by atomic mass is 10.1. The Morgan fingerprint density at radius 1 is 0.525 bits per heavy atom. The fourth-order valence-corrected chi connectivity index (χ4v) is 6.25. The van der Waals surface area contributed by atoms with Crippen molar-refractivity contribution in [2.45, 2.75) is 193 Å². The topological polar surface area (TPSA) is 111 Å². The maximum absolute atomic E-state index is 12.7. The molecule has 0 aromatic rings. The van der Waals surface area contributed by atoms with Crippen molar-refractivity contribution >= 4 is 17.9 Å². The molecule has 350 valence electrons. The summed E-state index contributed by atoms with van der Waals surface area (Å²) in [7, 11) is 5.88. The molecule has 0 spiro atoms. The molecule has 0 amide bonds. The summed E-state index contributed by atoms with van der Waals surface area (Å²) in [5.41, 5.74) is 0. The number of carboxylic acids is 1. The fourth-order valence-electron chi connectivity index (χ4n) is 6.25. The number of nitrogens with zero attached hydrogens (tertiary/aromatic N) is 1. The molecule has 0 aromatic carbocycles. The number of carboxylic acid groups (broad SMARTS) is 1. The first-order chi connectivity index (χ1) is 29.6. The SMILES string of the molecule is CC/C=C\C/C=C\C/C=C\C/C=C\C/C=C\CC(=O)OC(COC(=O)CCCCCCCCCCC/C=C\CCCCCCCCCC)COC(OCC[N+](C)(C)C)C(=O)[O-]. The standard InChI is InChI=1S/C52H89NO8/c1-6-8-10-12-14-16-18-20-22-23-24-25-26-27-29-30-32-34-36-38-40-42-49(54)59-46-48(47-60-52(51(56)57)58-45-44-53(3,4)5)61-50(55)43-41-39-37-35-33-31-28-21-19-17-15-13-11-9-7-2/h9,11,15,17,21,23-24,28,33,35,39,41,48,52H,6-8,10,12-14,16,18-20,22,25-27,29-32,34,36-38,40,42-47H2,1-5H3/b11-9-,17-15-,24-23-,28-21-,35-33-,41-39-. The van der Waals surface area contributed by atoms with Gasteiger partial charge in [0.1, 0.15) is 13.2 Å². The summed E-state index contributed by atoms with van der Waals surface area (Å²) < 4.78 is 22.4. The van der Waals surface area contributed by atoms with Gasteiger partial charge in [-0.2, -0.15) is 0 Å². The third kappa shape index (κ3) is 44.6. The average molecular weight is 856 g/mol. The first-order valence-corrected chi connectivity index (χ1v) is 24.1. The van der Waals surface area contributed by atoms with E-state index in [0.29, 0.717) is 17.4 Å². The number of ether oxygens (including phenoxy) is 4. The number of esters is 2. The lowest BCUT2D eigenvalue weighted by Crippen LogP contribution is -2.44. The Bertz CT molecular complexity index is 1230. The van der Waals surface area contributed by atoms with Crippen molar-refractivity contribution in [2.24, 2.45) is 0 Å². The number of allylic oxidation sites excluding steroid dienone is 11. The van der Waals surface area contributed by atoms with Crippen LogP contribution in [0.5, 0.6) is 0 Å². The van der Waals surface area contributed by atoms with Crippen LogP contribution in [0.4, 0.5) is 0 Å². The molecule has 0 aliphatic heterocycles.